The van der Waals surface area contributed by atoms with Crippen LogP contribution in [-0.2, 0) is 0 Å². The molecule has 0 aromatic rings. The standard InChI is InChI=1S/C12H25N3.C2H6/c1-6-10(3)12(14-7-2)15-11(4)8-9-13-5;1-2/h10-11H,5-9H2,1-4H3,(H,14,15);1-2H3. The van der Waals surface area contributed by atoms with Crippen LogP contribution in [0.4, 0.5) is 0 Å². The minimum Gasteiger partial charge on any atom is -0.371 e. The summed E-state index contributed by atoms with van der Waals surface area (Å²) in [5.74, 6) is 1.65. The number of hydrogen-bond acceptors (Lipinski definition) is 2. The van der Waals surface area contributed by atoms with Crippen molar-refractivity contribution < 1.29 is 0 Å². The second-order valence-electron chi connectivity index (χ2n) is 3.95. The van der Waals surface area contributed by atoms with Gasteiger partial charge in [-0.15, -0.1) is 0 Å². The topological polar surface area (TPSA) is 36.8 Å². The third-order valence-corrected chi connectivity index (χ3v) is 2.52. The van der Waals surface area contributed by atoms with E-state index in [-0.39, 0.29) is 0 Å². The Labute approximate surface area is 108 Å². The van der Waals surface area contributed by atoms with Gasteiger partial charge in [-0.25, -0.2) is 0 Å². The average molecular weight is 241 g/mol. The zero-order valence-corrected chi connectivity index (χ0v) is 12.6. The van der Waals surface area contributed by atoms with Gasteiger partial charge in [0.05, 0.1) is 5.84 Å². The molecule has 3 nitrogen and oxygen atoms in total. The molecule has 0 aliphatic carbocycles. The van der Waals surface area contributed by atoms with E-state index >= 15 is 0 Å². The van der Waals surface area contributed by atoms with Crippen LogP contribution < -0.4 is 5.32 Å². The Morgan fingerprint density at radius 2 is 1.82 bits per heavy atom. The largest absolute Gasteiger partial charge is 0.371 e. The number of nitrogens with one attached hydrogen (secondary N) is 1. The molecule has 0 amide bonds. The molecule has 0 saturated carbocycles. The molecule has 0 bridgehead atoms. The average Bonchev–Trinajstić information content (AvgIpc) is 2.37. The van der Waals surface area contributed by atoms with Crippen molar-refractivity contribution in [1.82, 2.24) is 5.32 Å². The van der Waals surface area contributed by atoms with E-state index in [1.807, 2.05) is 13.8 Å². The Balaban J connectivity index is 0. The molecule has 17 heavy (non-hydrogen) atoms. The van der Waals surface area contributed by atoms with Crippen molar-refractivity contribution >= 4 is 12.6 Å². The highest BCUT2D eigenvalue weighted by atomic mass is 15.0. The number of nitrogens with zero attached hydrogens (tertiary/aromatic N) is 2. The normalized spacial score (nSPS) is 14.4. The maximum Gasteiger partial charge on any atom is 0.0993 e. The van der Waals surface area contributed by atoms with Crippen molar-refractivity contribution in [3.05, 3.63) is 0 Å². The third-order valence-electron chi connectivity index (χ3n) is 2.52. The minimum absolute atomic E-state index is 0.426. The number of aliphatic imine (C=N–C) groups is 2. The molecule has 0 fully saturated rings. The van der Waals surface area contributed by atoms with Gasteiger partial charge >= 0.3 is 0 Å². The number of rotatable bonds is 7. The third kappa shape index (κ3) is 10.0. The van der Waals surface area contributed by atoms with Gasteiger partial charge in [0.2, 0.25) is 0 Å². The zero-order chi connectivity index (χ0) is 13.7. The molecule has 0 rings (SSSR count). The van der Waals surface area contributed by atoms with Crippen molar-refractivity contribution in [1.29, 1.82) is 0 Å². The lowest BCUT2D eigenvalue weighted by atomic mass is 10.1. The summed E-state index contributed by atoms with van der Waals surface area (Å²) < 4.78 is 0. The monoisotopic (exact) mass is 241 g/mol. The summed E-state index contributed by atoms with van der Waals surface area (Å²) in [6.07, 6.45) is 2.14. The molecule has 0 saturated heterocycles. The molecule has 0 heterocycles. The fourth-order valence-electron chi connectivity index (χ4n) is 1.32. The van der Waals surface area contributed by atoms with Gasteiger partial charge in [0.25, 0.3) is 0 Å². The molecule has 0 aliphatic rings. The van der Waals surface area contributed by atoms with Gasteiger partial charge in [0, 0.05) is 25.0 Å². The van der Waals surface area contributed by atoms with Crippen molar-refractivity contribution in [3.8, 4) is 0 Å². The van der Waals surface area contributed by atoms with Crippen LogP contribution in [0.25, 0.3) is 0 Å². The molecular weight excluding hydrogens is 210 g/mol. The molecule has 0 aromatic carbocycles. The van der Waals surface area contributed by atoms with E-state index in [0.717, 1.165) is 31.8 Å². The lowest BCUT2D eigenvalue weighted by Gasteiger charge is -2.20. The smallest absolute Gasteiger partial charge is 0.0993 e. The molecule has 0 aromatic heterocycles. The van der Waals surface area contributed by atoms with E-state index in [2.05, 4.69) is 49.7 Å². The van der Waals surface area contributed by atoms with Crippen LogP contribution in [0.15, 0.2) is 9.98 Å². The van der Waals surface area contributed by atoms with Gasteiger partial charge in [-0.2, -0.15) is 0 Å². The summed E-state index contributed by atoms with van der Waals surface area (Å²) in [6, 6.07) is 0.426. The van der Waals surface area contributed by atoms with Crippen LogP contribution in [0, 0.1) is 5.92 Å². The Hall–Kier alpha value is -0.860. The summed E-state index contributed by atoms with van der Waals surface area (Å²) in [6.45, 7) is 17.8. The van der Waals surface area contributed by atoms with Crippen LogP contribution in [-0.4, -0.2) is 31.7 Å². The lowest BCUT2D eigenvalue weighted by Crippen LogP contribution is -2.37. The molecule has 0 aliphatic heterocycles. The maximum atomic E-state index is 4.50. The molecule has 2 atom stereocenters. The quantitative estimate of drug-likeness (QED) is 0.537. The summed E-state index contributed by atoms with van der Waals surface area (Å²) >= 11 is 0. The Morgan fingerprint density at radius 1 is 1.24 bits per heavy atom. The molecule has 0 spiro atoms. The predicted molar refractivity (Wildman–Crippen MR) is 80.4 cm³/mol. The van der Waals surface area contributed by atoms with Crippen molar-refractivity contribution in [3.63, 3.8) is 0 Å². The highest BCUT2D eigenvalue weighted by Crippen LogP contribution is 2.04. The molecule has 3 heteroatoms. The van der Waals surface area contributed by atoms with E-state index in [1.54, 1.807) is 0 Å². The second kappa shape index (κ2) is 13.2. The minimum atomic E-state index is 0.426. The first kappa shape index (κ1) is 18.5. The SMILES string of the molecule is C=NCCC(C)NC(=NCC)C(C)CC.CC. The highest BCUT2D eigenvalue weighted by molar-refractivity contribution is 5.84. The summed E-state index contributed by atoms with van der Waals surface area (Å²) in [4.78, 5) is 8.37. The van der Waals surface area contributed by atoms with Crippen molar-refractivity contribution in [2.24, 2.45) is 15.9 Å². The van der Waals surface area contributed by atoms with Gasteiger partial charge in [-0.3, -0.25) is 4.99 Å². The van der Waals surface area contributed by atoms with Crippen LogP contribution in [0.2, 0.25) is 0 Å². The highest BCUT2D eigenvalue weighted by Gasteiger charge is 2.10. The summed E-state index contributed by atoms with van der Waals surface area (Å²) in [7, 11) is 0. The van der Waals surface area contributed by atoms with Gasteiger partial charge in [-0.1, -0.05) is 27.7 Å². The van der Waals surface area contributed by atoms with E-state index in [4.69, 9.17) is 0 Å². The summed E-state index contributed by atoms with van der Waals surface area (Å²) in [5.41, 5.74) is 0. The number of amidine groups is 1. The van der Waals surface area contributed by atoms with Gasteiger partial charge < -0.3 is 10.3 Å². The molecule has 0 radical (unpaired) electrons. The van der Waals surface area contributed by atoms with Crippen molar-refractivity contribution in [2.45, 2.75) is 60.4 Å². The van der Waals surface area contributed by atoms with E-state index in [1.165, 1.54) is 0 Å². The van der Waals surface area contributed by atoms with Crippen LogP contribution in [0.1, 0.15) is 54.4 Å². The van der Waals surface area contributed by atoms with Gasteiger partial charge in [0.15, 0.2) is 0 Å². The zero-order valence-electron chi connectivity index (χ0n) is 12.6. The van der Waals surface area contributed by atoms with Crippen molar-refractivity contribution in [2.75, 3.05) is 13.1 Å². The van der Waals surface area contributed by atoms with E-state index in [0.29, 0.717) is 12.0 Å². The lowest BCUT2D eigenvalue weighted by molar-refractivity contribution is 0.584. The summed E-state index contributed by atoms with van der Waals surface area (Å²) in [5, 5.41) is 3.47. The fourth-order valence-corrected chi connectivity index (χ4v) is 1.32. The second-order valence-corrected chi connectivity index (χ2v) is 3.95. The molecule has 2 unspecified atom stereocenters. The van der Waals surface area contributed by atoms with E-state index < -0.39 is 0 Å². The maximum absolute atomic E-state index is 4.50. The van der Waals surface area contributed by atoms with Crippen LogP contribution >= 0.6 is 0 Å². The van der Waals surface area contributed by atoms with Crippen LogP contribution in [0.5, 0.6) is 0 Å². The fraction of sp³-hybridized carbons (Fsp3) is 0.857. The Kier molecular flexibility index (Phi) is 14.4. The molecule has 102 valence electrons. The van der Waals surface area contributed by atoms with E-state index in [9.17, 15) is 0 Å². The van der Waals surface area contributed by atoms with Gasteiger partial charge in [0.1, 0.15) is 0 Å². The predicted octanol–water partition coefficient (Wildman–Crippen LogP) is 3.55. The molecule has 1 N–H and O–H groups in total. The number of hydrogen-bond donors (Lipinski definition) is 1. The first-order chi connectivity index (χ1) is 8.15. The van der Waals surface area contributed by atoms with Crippen LogP contribution in [0.3, 0.4) is 0 Å². The first-order valence-corrected chi connectivity index (χ1v) is 6.89. The van der Waals surface area contributed by atoms with Gasteiger partial charge in [-0.05, 0) is 33.4 Å². The Bertz CT molecular complexity index is 200. The Morgan fingerprint density at radius 3 is 2.24 bits per heavy atom. The first-order valence-electron chi connectivity index (χ1n) is 6.89. The molecular formula is C14H31N3.